The summed E-state index contributed by atoms with van der Waals surface area (Å²) in [5.41, 5.74) is 8.89. The SMILES string of the molecule is N#CCS(=O)(=O)NCC1CCN(n2c(N)nc3cnc4c(ccn4[SiH3])c32)CC1. The number of piperidine rings is 1. The second kappa shape index (κ2) is 7.08. The minimum absolute atomic E-state index is 0.227. The van der Waals surface area contributed by atoms with Crippen LogP contribution in [0.25, 0.3) is 22.1 Å². The lowest BCUT2D eigenvalue weighted by Gasteiger charge is -2.34. The van der Waals surface area contributed by atoms with E-state index in [1.807, 2.05) is 16.9 Å². The van der Waals surface area contributed by atoms with Crippen molar-refractivity contribution in [2.45, 2.75) is 12.8 Å². The molecular formula is C16H22N8O2SSi. The van der Waals surface area contributed by atoms with E-state index in [2.05, 4.69) is 23.9 Å². The molecule has 1 fully saturated rings. The van der Waals surface area contributed by atoms with Crippen molar-refractivity contribution < 1.29 is 8.42 Å². The van der Waals surface area contributed by atoms with Gasteiger partial charge < -0.3 is 15.0 Å². The molecule has 3 aromatic heterocycles. The first-order valence-electron chi connectivity index (χ1n) is 9.07. The summed E-state index contributed by atoms with van der Waals surface area (Å²) in [6.45, 7) is 1.84. The fourth-order valence-electron chi connectivity index (χ4n) is 3.77. The van der Waals surface area contributed by atoms with Crippen LogP contribution in [-0.4, -0.2) is 63.1 Å². The van der Waals surface area contributed by atoms with Crippen LogP contribution in [0.3, 0.4) is 0 Å². The second-order valence-electron chi connectivity index (χ2n) is 7.10. The molecule has 3 aromatic rings. The van der Waals surface area contributed by atoms with Gasteiger partial charge in [0.15, 0.2) is 5.75 Å². The summed E-state index contributed by atoms with van der Waals surface area (Å²) >= 11 is 0. The summed E-state index contributed by atoms with van der Waals surface area (Å²) in [7, 11) is -2.66. The average Bonchev–Trinajstić information content (AvgIpc) is 3.20. The Bertz CT molecular complexity index is 1170. The van der Waals surface area contributed by atoms with Gasteiger partial charge in [-0.25, -0.2) is 27.8 Å². The van der Waals surface area contributed by atoms with E-state index in [4.69, 9.17) is 11.0 Å². The molecular weight excluding hydrogens is 396 g/mol. The van der Waals surface area contributed by atoms with Gasteiger partial charge in [0, 0.05) is 25.0 Å². The smallest absolute Gasteiger partial charge is 0.225 e. The minimum atomic E-state index is -3.51. The zero-order valence-electron chi connectivity index (χ0n) is 15.5. The Morgan fingerprint density at radius 1 is 1.39 bits per heavy atom. The molecule has 3 N–H and O–H groups in total. The Kier molecular flexibility index (Phi) is 4.74. The van der Waals surface area contributed by atoms with E-state index in [1.54, 1.807) is 12.3 Å². The van der Waals surface area contributed by atoms with Crippen molar-refractivity contribution in [3.63, 3.8) is 0 Å². The van der Waals surface area contributed by atoms with Crippen molar-refractivity contribution in [2.24, 2.45) is 5.92 Å². The molecule has 0 aliphatic carbocycles. The van der Waals surface area contributed by atoms with Gasteiger partial charge in [-0.15, -0.1) is 0 Å². The van der Waals surface area contributed by atoms with Crippen LogP contribution in [0.5, 0.6) is 0 Å². The Hall–Kier alpha value is -2.62. The number of nitrogens with two attached hydrogens (primary N) is 1. The van der Waals surface area contributed by atoms with Crippen molar-refractivity contribution in [1.29, 1.82) is 5.26 Å². The maximum Gasteiger partial charge on any atom is 0.225 e. The lowest BCUT2D eigenvalue weighted by molar-refractivity contribution is 0.366. The molecule has 148 valence electrons. The van der Waals surface area contributed by atoms with Gasteiger partial charge in [0.05, 0.1) is 12.3 Å². The number of nitriles is 1. The number of sulfonamides is 1. The zero-order valence-corrected chi connectivity index (χ0v) is 18.4. The Balaban J connectivity index is 1.54. The molecule has 4 rings (SSSR count). The van der Waals surface area contributed by atoms with Crippen molar-refractivity contribution in [3.8, 4) is 6.07 Å². The maximum atomic E-state index is 11.7. The summed E-state index contributed by atoms with van der Waals surface area (Å²) in [4.78, 5) is 8.97. The van der Waals surface area contributed by atoms with Crippen LogP contribution in [0.1, 0.15) is 12.8 Å². The third-order valence-corrected chi connectivity index (χ3v) is 7.07. The molecule has 0 radical (unpaired) electrons. The molecule has 0 spiro atoms. The summed E-state index contributed by atoms with van der Waals surface area (Å²) in [6, 6.07) is 3.72. The standard InChI is InChI=1S/C16H22N8O2SSi/c17-4-8-27(25,26)20-9-11-1-5-22(6-2-11)24-14-12-3-7-23(28)15(12)19-10-13(14)21-16(24)18/h3,7,10-11,20H,1-2,5-6,8-9H2,28H3,(H2,18,21). The number of aromatic nitrogens is 4. The van der Waals surface area contributed by atoms with E-state index >= 15 is 0 Å². The first-order chi connectivity index (χ1) is 13.4. The number of nitrogen functional groups attached to an aromatic ring is 1. The van der Waals surface area contributed by atoms with Crippen LogP contribution in [0.2, 0.25) is 0 Å². The Labute approximate surface area is 165 Å². The Morgan fingerprint density at radius 2 is 2.14 bits per heavy atom. The summed E-state index contributed by atoms with van der Waals surface area (Å²) in [5, 5.41) is 11.8. The number of anilines is 1. The van der Waals surface area contributed by atoms with E-state index in [9.17, 15) is 8.42 Å². The molecule has 0 aromatic carbocycles. The van der Waals surface area contributed by atoms with Crippen molar-refractivity contribution >= 4 is 48.4 Å². The molecule has 12 heteroatoms. The highest BCUT2D eigenvalue weighted by atomic mass is 32.2. The van der Waals surface area contributed by atoms with E-state index < -0.39 is 15.8 Å². The highest BCUT2D eigenvalue weighted by Crippen LogP contribution is 2.28. The van der Waals surface area contributed by atoms with E-state index in [1.165, 1.54) is 0 Å². The lowest BCUT2D eigenvalue weighted by atomic mass is 9.98. The van der Waals surface area contributed by atoms with E-state index in [0.29, 0.717) is 12.5 Å². The molecule has 1 aliphatic heterocycles. The van der Waals surface area contributed by atoms with Crippen LogP contribution in [-0.2, 0) is 10.0 Å². The Morgan fingerprint density at radius 3 is 2.86 bits per heavy atom. The maximum absolute atomic E-state index is 11.7. The fraction of sp³-hybridized carbons (Fsp3) is 0.438. The van der Waals surface area contributed by atoms with Crippen molar-refractivity contribution in [2.75, 3.05) is 36.1 Å². The molecule has 0 atom stereocenters. The minimum Gasteiger partial charge on any atom is -0.369 e. The molecule has 0 bridgehead atoms. The van der Waals surface area contributed by atoms with Gasteiger partial charge >= 0.3 is 0 Å². The fourth-order valence-corrected chi connectivity index (χ4v) is 5.04. The van der Waals surface area contributed by atoms with E-state index in [0.717, 1.165) is 58.4 Å². The first-order valence-corrected chi connectivity index (χ1v) is 11.6. The van der Waals surface area contributed by atoms with E-state index in [-0.39, 0.29) is 5.92 Å². The molecule has 0 amide bonds. The molecule has 1 saturated heterocycles. The number of fused-ring (bicyclic) bond motifs is 3. The van der Waals surface area contributed by atoms with Crippen molar-refractivity contribution in [1.82, 2.24) is 23.6 Å². The van der Waals surface area contributed by atoms with Gasteiger partial charge in [-0.3, -0.25) is 0 Å². The predicted molar refractivity (Wildman–Crippen MR) is 111 cm³/mol. The number of imidazole rings is 1. The predicted octanol–water partition coefficient (Wildman–Crippen LogP) is -1.11. The molecule has 0 saturated carbocycles. The highest BCUT2D eigenvalue weighted by Gasteiger charge is 2.25. The quantitative estimate of drug-likeness (QED) is 0.502. The topological polar surface area (TPSA) is 135 Å². The third-order valence-electron chi connectivity index (χ3n) is 5.23. The summed E-state index contributed by atoms with van der Waals surface area (Å²) in [6.07, 6.45) is 5.43. The molecule has 4 heterocycles. The molecule has 0 unspecified atom stereocenters. The number of rotatable bonds is 5. The van der Waals surface area contributed by atoms with Gasteiger partial charge in [-0.2, -0.15) is 5.26 Å². The van der Waals surface area contributed by atoms with Gasteiger partial charge in [-0.1, -0.05) is 0 Å². The molecule has 1 aliphatic rings. The number of nitrogens with one attached hydrogen (secondary N) is 1. The summed E-state index contributed by atoms with van der Waals surface area (Å²) < 4.78 is 29.9. The molecule has 10 nitrogen and oxygen atoms in total. The number of hydrogen-bond acceptors (Lipinski definition) is 7. The van der Waals surface area contributed by atoms with Gasteiger partial charge in [0.2, 0.25) is 16.0 Å². The van der Waals surface area contributed by atoms with Gasteiger partial charge in [0.1, 0.15) is 27.1 Å². The molecule has 28 heavy (non-hydrogen) atoms. The largest absolute Gasteiger partial charge is 0.369 e. The van der Waals surface area contributed by atoms with Gasteiger partial charge in [-0.05, 0) is 31.0 Å². The first kappa shape index (κ1) is 18.7. The van der Waals surface area contributed by atoms with Crippen molar-refractivity contribution in [3.05, 3.63) is 18.5 Å². The van der Waals surface area contributed by atoms with Crippen LogP contribution in [0.15, 0.2) is 18.5 Å². The van der Waals surface area contributed by atoms with Crippen LogP contribution >= 0.6 is 0 Å². The zero-order chi connectivity index (χ0) is 19.9. The second-order valence-corrected chi connectivity index (χ2v) is 9.87. The average molecular weight is 419 g/mol. The highest BCUT2D eigenvalue weighted by molar-refractivity contribution is 7.89. The monoisotopic (exact) mass is 418 g/mol. The van der Waals surface area contributed by atoms with Crippen LogP contribution in [0, 0.1) is 17.2 Å². The third kappa shape index (κ3) is 3.32. The van der Waals surface area contributed by atoms with Crippen LogP contribution in [0.4, 0.5) is 5.95 Å². The lowest BCUT2D eigenvalue weighted by Crippen LogP contribution is -2.44. The number of hydrogen-bond donors (Lipinski definition) is 2. The normalized spacial score (nSPS) is 16.2. The number of pyridine rings is 1. The van der Waals surface area contributed by atoms with Crippen LogP contribution < -0.4 is 15.5 Å². The van der Waals surface area contributed by atoms with Gasteiger partial charge in [0.25, 0.3) is 0 Å². The number of nitrogens with zero attached hydrogens (tertiary/aromatic N) is 6. The summed E-state index contributed by atoms with van der Waals surface area (Å²) in [5.74, 6) is 0.150.